The molecule has 2 rings (SSSR count). The number of aromatic nitrogens is 1. The summed E-state index contributed by atoms with van der Waals surface area (Å²) in [5, 5.41) is 1.06. The molecule has 4 nitrogen and oxygen atoms in total. The maximum absolute atomic E-state index is 10.2. The molecule has 15 heavy (non-hydrogen) atoms. The van der Waals surface area contributed by atoms with Crippen LogP contribution < -0.4 is 10.5 Å². The third-order valence-corrected chi connectivity index (χ3v) is 2.34. The quantitative estimate of drug-likeness (QED) is 0.735. The Bertz CT molecular complexity index is 476. The molecule has 0 bridgehead atoms. The molecular formula is C11H12N2O2. The molecule has 0 aliphatic heterocycles. The molecule has 0 atom stereocenters. The number of aromatic amines is 1. The van der Waals surface area contributed by atoms with E-state index in [0.717, 1.165) is 22.9 Å². The maximum Gasteiger partial charge on any atom is 0.298 e. The summed E-state index contributed by atoms with van der Waals surface area (Å²) in [5.74, 6) is 0.551. The Labute approximate surface area is 87.0 Å². The first-order chi connectivity index (χ1) is 7.35. The van der Waals surface area contributed by atoms with E-state index in [1.807, 2.05) is 18.3 Å². The number of hydrogen-bond acceptors (Lipinski definition) is 3. The minimum absolute atomic E-state index is 0.427. The number of fused-ring (bicyclic) bond motifs is 1. The lowest BCUT2D eigenvalue weighted by molar-refractivity contribution is -0.120. The second kappa shape index (κ2) is 4.14. The minimum atomic E-state index is 0.427. The van der Waals surface area contributed by atoms with Crippen LogP contribution in [0.1, 0.15) is 5.56 Å². The van der Waals surface area contributed by atoms with E-state index in [0.29, 0.717) is 18.8 Å². The summed E-state index contributed by atoms with van der Waals surface area (Å²) >= 11 is 0. The molecule has 2 aromatic rings. The second-order valence-corrected chi connectivity index (χ2v) is 3.27. The van der Waals surface area contributed by atoms with E-state index < -0.39 is 0 Å². The number of hydrogen-bond donors (Lipinski definition) is 2. The average molecular weight is 204 g/mol. The minimum Gasteiger partial charge on any atom is -0.429 e. The van der Waals surface area contributed by atoms with Gasteiger partial charge in [0, 0.05) is 17.1 Å². The van der Waals surface area contributed by atoms with Crippen LogP contribution >= 0.6 is 0 Å². The van der Waals surface area contributed by atoms with Gasteiger partial charge in [0.1, 0.15) is 5.75 Å². The lowest BCUT2D eigenvalue weighted by Gasteiger charge is -1.99. The smallest absolute Gasteiger partial charge is 0.298 e. The van der Waals surface area contributed by atoms with Crippen molar-refractivity contribution in [3.8, 4) is 5.75 Å². The van der Waals surface area contributed by atoms with E-state index in [-0.39, 0.29) is 0 Å². The van der Waals surface area contributed by atoms with Gasteiger partial charge in [-0.3, -0.25) is 4.79 Å². The Morgan fingerprint density at radius 1 is 1.47 bits per heavy atom. The van der Waals surface area contributed by atoms with Gasteiger partial charge < -0.3 is 15.5 Å². The van der Waals surface area contributed by atoms with Crippen LogP contribution in [-0.2, 0) is 11.2 Å². The highest BCUT2D eigenvalue weighted by Gasteiger charge is 2.04. The molecule has 0 saturated heterocycles. The number of ether oxygens (including phenoxy) is 1. The SMILES string of the molecule is NCCc1c[nH]c2ccc(OC=O)cc12. The fourth-order valence-electron chi connectivity index (χ4n) is 1.65. The van der Waals surface area contributed by atoms with Crippen molar-refractivity contribution in [1.29, 1.82) is 0 Å². The standard InChI is InChI=1S/C11H12N2O2/c12-4-3-8-6-13-11-2-1-9(15-7-14)5-10(8)11/h1-2,5-7,13H,3-4,12H2. The number of H-pyrrole nitrogens is 1. The van der Waals surface area contributed by atoms with Crippen molar-refractivity contribution in [1.82, 2.24) is 4.98 Å². The van der Waals surface area contributed by atoms with E-state index in [4.69, 9.17) is 10.5 Å². The molecule has 4 heteroatoms. The fourth-order valence-corrected chi connectivity index (χ4v) is 1.65. The zero-order valence-electron chi connectivity index (χ0n) is 8.19. The lowest BCUT2D eigenvalue weighted by atomic mass is 10.1. The van der Waals surface area contributed by atoms with Crippen molar-refractivity contribution in [2.45, 2.75) is 6.42 Å². The van der Waals surface area contributed by atoms with Gasteiger partial charge in [-0.2, -0.15) is 0 Å². The number of carbonyl (C=O) groups excluding carboxylic acids is 1. The molecule has 0 saturated carbocycles. The number of nitrogens with two attached hydrogens (primary N) is 1. The van der Waals surface area contributed by atoms with Gasteiger partial charge in [0.25, 0.3) is 6.47 Å². The second-order valence-electron chi connectivity index (χ2n) is 3.27. The van der Waals surface area contributed by atoms with Gasteiger partial charge in [0.05, 0.1) is 0 Å². The highest BCUT2D eigenvalue weighted by atomic mass is 16.5. The van der Waals surface area contributed by atoms with Crippen molar-refractivity contribution in [3.63, 3.8) is 0 Å². The first-order valence-corrected chi connectivity index (χ1v) is 4.75. The third-order valence-electron chi connectivity index (χ3n) is 2.34. The first kappa shape index (κ1) is 9.73. The topological polar surface area (TPSA) is 68.1 Å². The number of nitrogens with one attached hydrogen (secondary N) is 1. The van der Waals surface area contributed by atoms with Crippen LogP contribution in [0.2, 0.25) is 0 Å². The summed E-state index contributed by atoms with van der Waals surface area (Å²) in [5.41, 5.74) is 7.67. The van der Waals surface area contributed by atoms with Crippen molar-refractivity contribution >= 4 is 17.4 Å². The zero-order chi connectivity index (χ0) is 10.7. The van der Waals surface area contributed by atoms with Crippen LogP contribution in [0.5, 0.6) is 5.75 Å². The molecule has 0 radical (unpaired) electrons. The van der Waals surface area contributed by atoms with Gasteiger partial charge in [0.15, 0.2) is 0 Å². The molecule has 1 heterocycles. The summed E-state index contributed by atoms with van der Waals surface area (Å²) in [6, 6.07) is 5.47. The summed E-state index contributed by atoms with van der Waals surface area (Å²) in [6.45, 7) is 1.03. The summed E-state index contributed by atoms with van der Waals surface area (Å²) in [4.78, 5) is 13.4. The Balaban J connectivity index is 2.46. The molecule has 78 valence electrons. The van der Waals surface area contributed by atoms with Gasteiger partial charge >= 0.3 is 0 Å². The van der Waals surface area contributed by atoms with Gasteiger partial charge in [0.2, 0.25) is 0 Å². The Morgan fingerprint density at radius 3 is 3.07 bits per heavy atom. The van der Waals surface area contributed by atoms with Crippen LogP contribution in [0.15, 0.2) is 24.4 Å². The zero-order valence-corrected chi connectivity index (χ0v) is 8.19. The van der Waals surface area contributed by atoms with Crippen LogP contribution in [-0.4, -0.2) is 18.0 Å². The van der Waals surface area contributed by atoms with Crippen LogP contribution in [0.3, 0.4) is 0 Å². The summed E-state index contributed by atoms with van der Waals surface area (Å²) < 4.78 is 4.79. The van der Waals surface area contributed by atoms with E-state index in [1.165, 1.54) is 0 Å². The van der Waals surface area contributed by atoms with Crippen LogP contribution in [0, 0.1) is 0 Å². The lowest BCUT2D eigenvalue weighted by Crippen LogP contribution is -2.01. The average Bonchev–Trinajstić information content (AvgIpc) is 2.63. The van der Waals surface area contributed by atoms with Gasteiger partial charge in [-0.15, -0.1) is 0 Å². The highest BCUT2D eigenvalue weighted by Crippen LogP contribution is 2.23. The van der Waals surface area contributed by atoms with Crippen molar-refractivity contribution in [3.05, 3.63) is 30.0 Å². The van der Waals surface area contributed by atoms with Crippen molar-refractivity contribution in [2.75, 3.05) is 6.54 Å². The van der Waals surface area contributed by atoms with Crippen LogP contribution in [0.25, 0.3) is 10.9 Å². The van der Waals surface area contributed by atoms with Gasteiger partial charge in [-0.1, -0.05) is 0 Å². The molecule has 0 amide bonds. The molecule has 1 aromatic carbocycles. The third kappa shape index (κ3) is 1.85. The molecule has 0 spiro atoms. The van der Waals surface area contributed by atoms with Crippen molar-refractivity contribution in [2.24, 2.45) is 5.73 Å². The van der Waals surface area contributed by atoms with E-state index in [1.54, 1.807) is 6.07 Å². The van der Waals surface area contributed by atoms with E-state index >= 15 is 0 Å². The Kier molecular flexibility index (Phi) is 2.69. The number of rotatable bonds is 4. The molecule has 0 aliphatic rings. The molecular weight excluding hydrogens is 192 g/mol. The molecule has 1 aromatic heterocycles. The fraction of sp³-hybridized carbons (Fsp3) is 0.182. The molecule has 0 fully saturated rings. The largest absolute Gasteiger partial charge is 0.429 e. The number of carbonyl (C=O) groups is 1. The summed E-state index contributed by atoms with van der Waals surface area (Å²) in [6.07, 6.45) is 2.74. The van der Waals surface area contributed by atoms with Crippen molar-refractivity contribution < 1.29 is 9.53 Å². The van der Waals surface area contributed by atoms with E-state index in [9.17, 15) is 4.79 Å². The maximum atomic E-state index is 10.2. The normalized spacial score (nSPS) is 10.5. The molecule has 0 unspecified atom stereocenters. The van der Waals surface area contributed by atoms with Gasteiger partial charge in [-0.25, -0.2) is 0 Å². The van der Waals surface area contributed by atoms with E-state index in [2.05, 4.69) is 4.98 Å². The number of benzene rings is 1. The predicted molar refractivity (Wildman–Crippen MR) is 57.7 cm³/mol. The Morgan fingerprint density at radius 2 is 2.33 bits per heavy atom. The Hall–Kier alpha value is -1.81. The monoisotopic (exact) mass is 204 g/mol. The highest BCUT2D eigenvalue weighted by molar-refractivity contribution is 5.84. The molecule has 0 aliphatic carbocycles. The predicted octanol–water partition coefficient (Wildman–Crippen LogP) is 1.20. The van der Waals surface area contributed by atoms with Gasteiger partial charge in [-0.05, 0) is 36.7 Å². The molecule has 3 N–H and O–H groups in total. The first-order valence-electron chi connectivity index (χ1n) is 4.75. The van der Waals surface area contributed by atoms with Crippen LogP contribution in [0.4, 0.5) is 0 Å². The summed E-state index contributed by atoms with van der Waals surface area (Å²) in [7, 11) is 0.